The van der Waals surface area contributed by atoms with Gasteiger partial charge in [-0.25, -0.2) is 4.98 Å². The topological polar surface area (TPSA) is 91.9 Å². The fourth-order valence-electron chi connectivity index (χ4n) is 4.75. The fourth-order valence-corrected chi connectivity index (χ4v) is 5.59. The Hall–Kier alpha value is -2.88. The van der Waals surface area contributed by atoms with E-state index < -0.39 is 0 Å². The molecule has 5 heterocycles. The minimum atomic E-state index is 0.431. The van der Waals surface area contributed by atoms with Gasteiger partial charge in [-0.15, -0.1) is 21.5 Å². The number of hydrogen-bond donors (Lipinski definition) is 2. The summed E-state index contributed by atoms with van der Waals surface area (Å²) in [6.45, 7) is 1.59. The molecule has 3 aromatic heterocycles. The van der Waals surface area contributed by atoms with Crippen LogP contribution in [0.2, 0.25) is 0 Å². The van der Waals surface area contributed by atoms with Crippen LogP contribution in [0.3, 0.4) is 0 Å². The second kappa shape index (κ2) is 7.67. The number of aromatic nitrogens is 5. The number of benzene rings is 1. The van der Waals surface area contributed by atoms with E-state index in [0.29, 0.717) is 18.1 Å². The van der Waals surface area contributed by atoms with Gasteiger partial charge in [-0.1, -0.05) is 12.1 Å². The van der Waals surface area contributed by atoms with Crippen LogP contribution in [0.5, 0.6) is 0 Å². The van der Waals surface area contributed by atoms with Crippen molar-refractivity contribution in [1.29, 1.82) is 0 Å². The highest BCUT2D eigenvalue weighted by Crippen LogP contribution is 2.36. The Kier molecular flexibility index (Phi) is 4.66. The van der Waals surface area contributed by atoms with Gasteiger partial charge in [0.1, 0.15) is 0 Å². The van der Waals surface area contributed by atoms with E-state index in [9.17, 15) is 0 Å². The van der Waals surface area contributed by atoms with E-state index in [0.717, 1.165) is 64.5 Å². The number of ether oxygens (including phenoxy) is 1. The summed E-state index contributed by atoms with van der Waals surface area (Å²) in [5.41, 5.74) is 6.86. The third kappa shape index (κ3) is 3.38. The molecule has 2 aliphatic rings. The molecule has 9 heteroatoms. The Morgan fingerprint density at radius 1 is 1.06 bits per heavy atom. The number of fused-ring (bicyclic) bond motifs is 3. The maximum absolute atomic E-state index is 5.68. The third-order valence-electron chi connectivity index (χ3n) is 6.35. The zero-order chi connectivity index (χ0) is 20.8. The standard InChI is InChI=1S/C22H23N7OS/c1-29(16-6-14-10-30-11-15(7-16)26-14)20-5-4-19(27-28-20)18-3-2-17(13-8-24-25-9-13)21-22(18)31-12-23-21/h2-5,8-9,12,14-16,26H,6-7,10-11H2,1H3,(H,24,25). The first-order chi connectivity index (χ1) is 15.3. The zero-order valence-electron chi connectivity index (χ0n) is 17.2. The molecule has 2 N–H and O–H groups in total. The van der Waals surface area contributed by atoms with Gasteiger partial charge in [0.25, 0.3) is 0 Å². The number of aromatic amines is 1. The van der Waals surface area contributed by atoms with Crippen LogP contribution < -0.4 is 10.2 Å². The molecule has 2 bridgehead atoms. The highest BCUT2D eigenvalue weighted by molar-refractivity contribution is 7.17. The molecule has 2 aliphatic heterocycles. The first kappa shape index (κ1) is 18.9. The van der Waals surface area contributed by atoms with Crippen LogP contribution in [0.25, 0.3) is 32.6 Å². The Labute approximate surface area is 183 Å². The largest absolute Gasteiger partial charge is 0.378 e. The first-order valence-electron chi connectivity index (χ1n) is 10.5. The third-order valence-corrected chi connectivity index (χ3v) is 7.21. The number of anilines is 1. The number of nitrogens with zero attached hydrogens (tertiary/aromatic N) is 5. The number of nitrogens with one attached hydrogen (secondary N) is 2. The molecule has 2 atom stereocenters. The number of H-pyrrole nitrogens is 1. The van der Waals surface area contributed by atoms with E-state index in [1.54, 1.807) is 11.3 Å². The molecule has 2 unspecified atom stereocenters. The molecule has 6 rings (SSSR count). The summed E-state index contributed by atoms with van der Waals surface area (Å²) in [6, 6.07) is 9.64. The summed E-state index contributed by atoms with van der Waals surface area (Å²) in [7, 11) is 2.12. The van der Waals surface area contributed by atoms with Gasteiger partial charge < -0.3 is 15.0 Å². The van der Waals surface area contributed by atoms with E-state index in [2.05, 4.69) is 66.9 Å². The van der Waals surface area contributed by atoms with Gasteiger partial charge in [0.2, 0.25) is 0 Å². The molecule has 0 aliphatic carbocycles. The highest BCUT2D eigenvalue weighted by Gasteiger charge is 2.34. The lowest BCUT2D eigenvalue weighted by Crippen LogP contribution is -2.58. The molecule has 0 saturated carbocycles. The Bertz CT molecular complexity index is 1180. The smallest absolute Gasteiger partial charge is 0.151 e. The van der Waals surface area contributed by atoms with Crippen molar-refractivity contribution in [2.45, 2.75) is 31.0 Å². The summed E-state index contributed by atoms with van der Waals surface area (Å²) < 4.78 is 6.79. The lowest BCUT2D eigenvalue weighted by atomic mass is 9.92. The molecule has 0 amide bonds. The van der Waals surface area contributed by atoms with Crippen LogP contribution in [0.15, 0.2) is 42.2 Å². The lowest BCUT2D eigenvalue weighted by molar-refractivity contribution is 0.0183. The van der Waals surface area contributed by atoms with Crippen molar-refractivity contribution in [3.63, 3.8) is 0 Å². The summed E-state index contributed by atoms with van der Waals surface area (Å²) in [5.74, 6) is 0.908. The van der Waals surface area contributed by atoms with Gasteiger partial charge >= 0.3 is 0 Å². The van der Waals surface area contributed by atoms with E-state index in [1.165, 1.54) is 0 Å². The number of piperidine rings is 1. The van der Waals surface area contributed by atoms with Crippen LogP contribution >= 0.6 is 11.3 Å². The van der Waals surface area contributed by atoms with Crippen molar-refractivity contribution in [2.75, 3.05) is 25.2 Å². The number of morpholine rings is 1. The Morgan fingerprint density at radius 2 is 1.90 bits per heavy atom. The first-order valence-corrected chi connectivity index (χ1v) is 11.4. The van der Waals surface area contributed by atoms with Crippen molar-refractivity contribution in [3.05, 3.63) is 42.2 Å². The Balaban J connectivity index is 1.28. The van der Waals surface area contributed by atoms with Crippen LogP contribution in [-0.4, -0.2) is 63.8 Å². The van der Waals surface area contributed by atoms with E-state index in [1.807, 2.05) is 17.9 Å². The summed E-state index contributed by atoms with van der Waals surface area (Å²) >= 11 is 1.62. The van der Waals surface area contributed by atoms with E-state index in [-0.39, 0.29) is 0 Å². The van der Waals surface area contributed by atoms with Gasteiger partial charge in [-0.05, 0) is 25.0 Å². The average Bonchev–Trinajstić information content (AvgIpc) is 3.50. The molecule has 0 spiro atoms. The molecule has 2 fully saturated rings. The zero-order valence-corrected chi connectivity index (χ0v) is 18.0. The van der Waals surface area contributed by atoms with Crippen molar-refractivity contribution in [2.24, 2.45) is 0 Å². The maximum atomic E-state index is 5.68. The molecule has 8 nitrogen and oxygen atoms in total. The number of hydrogen-bond acceptors (Lipinski definition) is 8. The molecule has 1 aromatic carbocycles. The van der Waals surface area contributed by atoms with Crippen LogP contribution in [0.1, 0.15) is 12.8 Å². The molecular formula is C22H23N7OS. The normalized spacial score (nSPS) is 23.2. The predicted molar refractivity (Wildman–Crippen MR) is 121 cm³/mol. The second-order valence-corrected chi connectivity index (χ2v) is 9.14. The SMILES string of the molecule is CN(c1ccc(-c2ccc(-c3cn[nH]c3)c3ncsc23)nn1)C1CC2COCC(C1)N2. The van der Waals surface area contributed by atoms with Crippen molar-refractivity contribution < 1.29 is 4.74 Å². The van der Waals surface area contributed by atoms with Gasteiger partial charge in [0.15, 0.2) is 5.82 Å². The monoisotopic (exact) mass is 433 g/mol. The minimum absolute atomic E-state index is 0.431. The lowest BCUT2D eigenvalue weighted by Gasteiger charge is -2.43. The molecule has 158 valence electrons. The van der Waals surface area contributed by atoms with Gasteiger partial charge in [-0.3, -0.25) is 5.10 Å². The van der Waals surface area contributed by atoms with Crippen LogP contribution in [0, 0.1) is 0 Å². The number of rotatable bonds is 4. The summed E-state index contributed by atoms with van der Waals surface area (Å²) in [4.78, 5) is 6.87. The van der Waals surface area contributed by atoms with Crippen LogP contribution in [0.4, 0.5) is 5.82 Å². The predicted octanol–water partition coefficient (Wildman–Crippen LogP) is 3.10. The van der Waals surface area contributed by atoms with Crippen molar-refractivity contribution >= 4 is 27.4 Å². The maximum Gasteiger partial charge on any atom is 0.151 e. The van der Waals surface area contributed by atoms with Gasteiger partial charge in [0, 0.05) is 48.1 Å². The van der Waals surface area contributed by atoms with Crippen LogP contribution in [-0.2, 0) is 4.74 Å². The molecule has 2 saturated heterocycles. The average molecular weight is 434 g/mol. The van der Waals surface area contributed by atoms with Gasteiger partial charge in [0.05, 0.1) is 40.8 Å². The second-order valence-electron chi connectivity index (χ2n) is 8.29. The van der Waals surface area contributed by atoms with E-state index >= 15 is 0 Å². The number of thiazole rings is 1. The van der Waals surface area contributed by atoms with Crippen molar-refractivity contribution in [3.8, 4) is 22.4 Å². The quantitative estimate of drug-likeness (QED) is 0.511. The summed E-state index contributed by atoms with van der Waals surface area (Å²) in [5, 5.41) is 19.8. The molecule has 31 heavy (non-hydrogen) atoms. The highest BCUT2D eigenvalue weighted by atomic mass is 32.1. The minimum Gasteiger partial charge on any atom is -0.378 e. The fraction of sp³-hybridized carbons (Fsp3) is 0.364. The van der Waals surface area contributed by atoms with Crippen molar-refractivity contribution in [1.82, 2.24) is 30.7 Å². The molecular weight excluding hydrogens is 410 g/mol. The molecule has 0 radical (unpaired) electrons. The summed E-state index contributed by atoms with van der Waals surface area (Å²) in [6.07, 6.45) is 5.83. The Morgan fingerprint density at radius 3 is 2.65 bits per heavy atom. The van der Waals surface area contributed by atoms with Gasteiger partial charge in [-0.2, -0.15) is 5.10 Å². The molecule has 4 aromatic rings. The van der Waals surface area contributed by atoms with E-state index in [4.69, 9.17) is 4.74 Å².